The van der Waals surface area contributed by atoms with E-state index in [1.807, 2.05) is 0 Å². The number of fused-ring (bicyclic) bond motifs is 22. The molecule has 7 aromatic rings. The Hall–Kier alpha value is -5.80. The summed E-state index contributed by atoms with van der Waals surface area (Å²) in [5, 5.41) is 0. The number of benzene rings is 7. The highest BCUT2D eigenvalue weighted by Crippen LogP contribution is 2.80. The molecule has 65 heavy (non-hydrogen) atoms. The minimum atomic E-state index is -0.104. The topological polar surface area (TPSA) is 6.48 Å². The zero-order chi connectivity index (χ0) is 43.6. The van der Waals surface area contributed by atoms with Gasteiger partial charge in [-0.25, -0.2) is 0 Å². The molecule has 4 saturated carbocycles. The normalized spacial score (nSPS) is 30.0. The van der Waals surface area contributed by atoms with Crippen LogP contribution in [0.2, 0.25) is 0 Å². The second kappa shape index (κ2) is 11.8. The fourth-order valence-electron chi connectivity index (χ4n) is 17.7. The lowest BCUT2D eigenvalue weighted by Gasteiger charge is -2.50. The molecule has 1 unspecified atom stereocenters. The first-order chi connectivity index (χ1) is 31.5. The molecule has 318 valence electrons. The highest BCUT2D eigenvalue weighted by atomic mass is 15.2. The number of nitrogens with zero attached hydrogens (tertiary/aromatic N) is 2. The van der Waals surface area contributed by atoms with Gasteiger partial charge in [-0.05, 0) is 158 Å². The maximum atomic E-state index is 2.79. The van der Waals surface area contributed by atoms with Gasteiger partial charge in [0.2, 0.25) is 0 Å². The van der Waals surface area contributed by atoms with Crippen LogP contribution in [0.25, 0.3) is 22.3 Å². The Labute approximate surface area is 385 Å². The molecule has 0 radical (unpaired) electrons. The summed E-state index contributed by atoms with van der Waals surface area (Å²) >= 11 is 0. The van der Waals surface area contributed by atoms with Gasteiger partial charge in [0, 0.05) is 50.4 Å². The van der Waals surface area contributed by atoms with E-state index < -0.39 is 0 Å². The SMILES string of the molecule is CC1(C)[C@H]2CCC1(C)[C@@]1(C2)c2ccccc2-c2c1cc1c3c2N(c2ccccc2)c2ccccc2B3c2ccc3c(c2N1c1ccccc1)-c1ccccc1[C@@]31C[C@H]2CC[C@]1(C)C2(C)C. The van der Waals surface area contributed by atoms with E-state index in [0.29, 0.717) is 11.8 Å². The van der Waals surface area contributed by atoms with Gasteiger partial charge in [-0.15, -0.1) is 0 Å². The number of hydrogen-bond acceptors (Lipinski definition) is 2. The molecule has 15 rings (SSSR count). The number of anilines is 6. The van der Waals surface area contributed by atoms with Gasteiger partial charge in [-0.2, -0.15) is 0 Å². The molecule has 0 aromatic heterocycles. The average Bonchev–Trinajstić information content (AvgIpc) is 4.03. The van der Waals surface area contributed by atoms with Crippen LogP contribution >= 0.6 is 0 Å². The summed E-state index contributed by atoms with van der Waals surface area (Å²) in [4.78, 5) is 5.47. The van der Waals surface area contributed by atoms with Gasteiger partial charge in [0.25, 0.3) is 6.71 Å². The van der Waals surface area contributed by atoms with Crippen molar-refractivity contribution < 1.29 is 0 Å². The molecular formula is C62H57BN2. The van der Waals surface area contributed by atoms with Crippen LogP contribution in [0.1, 0.15) is 102 Å². The van der Waals surface area contributed by atoms with Crippen LogP contribution in [-0.4, -0.2) is 6.71 Å². The van der Waals surface area contributed by atoms with Crippen molar-refractivity contribution in [3.05, 3.63) is 174 Å². The van der Waals surface area contributed by atoms with E-state index in [-0.39, 0.29) is 39.2 Å². The van der Waals surface area contributed by atoms with Gasteiger partial charge in [0.15, 0.2) is 0 Å². The first-order valence-corrected chi connectivity index (χ1v) is 24.9. The number of hydrogen-bond donors (Lipinski definition) is 0. The monoisotopic (exact) mass is 840 g/mol. The molecule has 3 heteroatoms. The van der Waals surface area contributed by atoms with Crippen LogP contribution in [0.15, 0.2) is 152 Å². The minimum absolute atomic E-state index is 0.0321. The van der Waals surface area contributed by atoms with Crippen LogP contribution in [0.3, 0.4) is 0 Å². The van der Waals surface area contributed by atoms with E-state index in [0.717, 1.165) is 0 Å². The van der Waals surface area contributed by atoms with Crippen molar-refractivity contribution in [1.29, 1.82) is 0 Å². The molecule has 2 nitrogen and oxygen atoms in total. The van der Waals surface area contributed by atoms with Crippen molar-refractivity contribution >= 4 is 57.2 Å². The molecule has 2 spiro atoms. The zero-order valence-electron chi connectivity index (χ0n) is 38.8. The number of para-hydroxylation sites is 3. The van der Waals surface area contributed by atoms with Gasteiger partial charge in [0.05, 0.1) is 5.69 Å². The highest BCUT2D eigenvalue weighted by molar-refractivity contribution is 7.00. The molecule has 0 N–H and O–H groups in total. The first-order valence-electron chi connectivity index (χ1n) is 24.9. The summed E-state index contributed by atoms with van der Waals surface area (Å²) < 4.78 is 0. The molecular weight excluding hydrogens is 784 g/mol. The molecule has 4 fully saturated rings. The third kappa shape index (κ3) is 3.86. The fourth-order valence-corrected chi connectivity index (χ4v) is 17.7. The van der Waals surface area contributed by atoms with Gasteiger partial charge in [0.1, 0.15) is 0 Å². The third-order valence-corrected chi connectivity index (χ3v) is 21.4. The Kier molecular flexibility index (Phi) is 6.78. The fraction of sp³-hybridized carbons (Fsp3) is 0.323. The summed E-state index contributed by atoms with van der Waals surface area (Å²) in [6.07, 6.45) is 7.62. The summed E-state index contributed by atoms with van der Waals surface area (Å²) in [5.41, 5.74) is 24.8. The van der Waals surface area contributed by atoms with Gasteiger partial charge < -0.3 is 9.80 Å². The number of rotatable bonds is 2. The largest absolute Gasteiger partial charge is 0.311 e. The van der Waals surface area contributed by atoms with Crippen molar-refractivity contribution in [3.8, 4) is 22.3 Å². The second-order valence-electron chi connectivity index (χ2n) is 23.2. The Bertz CT molecular complexity index is 3260. The summed E-state index contributed by atoms with van der Waals surface area (Å²) in [7, 11) is 0. The zero-order valence-corrected chi connectivity index (χ0v) is 38.8. The van der Waals surface area contributed by atoms with Gasteiger partial charge in [-0.3, -0.25) is 0 Å². The van der Waals surface area contributed by atoms with E-state index in [4.69, 9.17) is 0 Å². The second-order valence-corrected chi connectivity index (χ2v) is 23.2. The van der Waals surface area contributed by atoms with Gasteiger partial charge in [-0.1, -0.05) is 157 Å². The van der Waals surface area contributed by atoms with Crippen molar-refractivity contribution in [1.82, 2.24) is 0 Å². The molecule has 6 atom stereocenters. The Morgan fingerprint density at radius 2 is 0.938 bits per heavy atom. The lowest BCUT2D eigenvalue weighted by molar-refractivity contribution is 0.0990. The lowest BCUT2D eigenvalue weighted by Crippen LogP contribution is -2.62. The molecule has 8 aliphatic rings. The molecule has 7 aromatic carbocycles. The van der Waals surface area contributed by atoms with Crippen molar-refractivity contribution in [2.24, 2.45) is 33.5 Å². The van der Waals surface area contributed by atoms with Crippen LogP contribution in [0.4, 0.5) is 34.1 Å². The quantitative estimate of drug-likeness (QED) is 0.160. The maximum Gasteiger partial charge on any atom is 0.252 e. The predicted molar refractivity (Wildman–Crippen MR) is 271 cm³/mol. The summed E-state index contributed by atoms with van der Waals surface area (Å²) in [5.74, 6) is 1.38. The van der Waals surface area contributed by atoms with E-state index in [2.05, 4.69) is 203 Å². The maximum absolute atomic E-state index is 2.79. The first kappa shape index (κ1) is 37.4. The van der Waals surface area contributed by atoms with E-state index >= 15 is 0 Å². The van der Waals surface area contributed by atoms with Crippen molar-refractivity contribution in [3.63, 3.8) is 0 Å². The molecule has 2 aliphatic heterocycles. The predicted octanol–water partition coefficient (Wildman–Crippen LogP) is 14.0. The van der Waals surface area contributed by atoms with Crippen LogP contribution < -0.4 is 26.2 Å². The van der Waals surface area contributed by atoms with E-state index in [9.17, 15) is 0 Å². The average molecular weight is 841 g/mol. The van der Waals surface area contributed by atoms with E-state index in [1.165, 1.54) is 111 Å². The third-order valence-electron chi connectivity index (χ3n) is 21.4. The minimum Gasteiger partial charge on any atom is -0.311 e. The summed E-state index contributed by atoms with van der Waals surface area (Å²) in [6, 6.07) is 59.7. The molecule has 4 bridgehead atoms. The van der Waals surface area contributed by atoms with Crippen LogP contribution in [-0.2, 0) is 10.8 Å². The Morgan fingerprint density at radius 3 is 1.49 bits per heavy atom. The van der Waals surface area contributed by atoms with Crippen LogP contribution in [0, 0.1) is 33.5 Å². The molecule has 0 amide bonds. The Morgan fingerprint density at radius 1 is 0.446 bits per heavy atom. The van der Waals surface area contributed by atoms with Gasteiger partial charge >= 0.3 is 0 Å². The smallest absolute Gasteiger partial charge is 0.252 e. The van der Waals surface area contributed by atoms with Crippen molar-refractivity contribution in [2.45, 2.75) is 90.9 Å². The molecule has 6 aliphatic carbocycles. The standard InChI is InChI=1S/C62H57BN2/c1-57(2)38-31-33-59(57,5)61(36-38)44-25-15-13-23-42(44)52-46(61)29-30-49-55(52)65(41-21-11-8-12-22-41)51-35-47-53(43-24-14-16-26-45(43)62(47)37-39-32-34-60(62,6)58(39,3)4)56-54(51)63(49)48-27-17-18-28-50(48)64(56)40-19-9-7-10-20-40/h7-30,35,38-39H,31-34,36-37H2,1-6H3/t38-,39+,59-,60?,61+,62+/m1/s1. The van der Waals surface area contributed by atoms with E-state index in [1.54, 1.807) is 22.3 Å². The van der Waals surface area contributed by atoms with Crippen molar-refractivity contribution in [2.75, 3.05) is 9.80 Å². The molecule has 2 heterocycles. The lowest BCUT2D eigenvalue weighted by atomic mass is 9.33. The molecule has 0 saturated heterocycles. The Balaban J connectivity index is 1.13. The highest BCUT2D eigenvalue weighted by Gasteiger charge is 2.73. The van der Waals surface area contributed by atoms with Crippen LogP contribution in [0.5, 0.6) is 0 Å². The summed E-state index contributed by atoms with van der Waals surface area (Å²) in [6.45, 7) is 15.9.